The molecule has 1 aliphatic heterocycles. The summed E-state index contributed by atoms with van der Waals surface area (Å²) >= 11 is 3.84. The summed E-state index contributed by atoms with van der Waals surface area (Å²) < 4.78 is 11.7. The molecule has 128 valence electrons. The number of thioether (sulfide) groups is 1. The first-order valence-electron chi connectivity index (χ1n) is 9.03. The van der Waals surface area contributed by atoms with E-state index in [4.69, 9.17) is 9.47 Å². The largest absolute Gasteiger partial charge is 0.348 e. The van der Waals surface area contributed by atoms with Gasteiger partial charge in [-0.2, -0.15) is 0 Å². The number of hydrogen-bond donors (Lipinski definition) is 0. The van der Waals surface area contributed by atoms with Crippen LogP contribution in [-0.2, 0) is 22.3 Å². The topological polar surface area (TPSA) is 44.2 Å². The molecular weight excluding hydrogens is 340 g/mol. The van der Waals surface area contributed by atoms with Crippen LogP contribution in [0.1, 0.15) is 49.0 Å². The number of aryl methyl sites for hydroxylation is 2. The van der Waals surface area contributed by atoms with Crippen molar-refractivity contribution < 1.29 is 9.47 Å². The number of hydrogen-bond acceptors (Lipinski definition) is 6. The van der Waals surface area contributed by atoms with Gasteiger partial charge in [0, 0.05) is 28.4 Å². The van der Waals surface area contributed by atoms with Crippen molar-refractivity contribution in [1.82, 2.24) is 9.97 Å². The fraction of sp³-hybridized carbons (Fsp3) is 0.667. The first kappa shape index (κ1) is 15.6. The minimum atomic E-state index is -0.264. The molecule has 3 aliphatic rings. The van der Waals surface area contributed by atoms with E-state index in [2.05, 4.69) is 9.97 Å². The summed E-state index contributed by atoms with van der Waals surface area (Å²) in [5, 5.41) is 3.17. The van der Waals surface area contributed by atoms with Crippen molar-refractivity contribution >= 4 is 33.3 Å². The van der Waals surface area contributed by atoms with Gasteiger partial charge in [-0.3, -0.25) is 0 Å². The summed E-state index contributed by atoms with van der Waals surface area (Å²) in [5.41, 5.74) is 1.54. The molecule has 4 nitrogen and oxygen atoms in total. The summed E-state index contributed by atoms with van der Waals surface area (Å²) in [6, 6.07) is 0. The van der Waals surface area contributed by atoms with Gasteiger partial charge in [-0.15, -0.1) is 23.1 Å². The van der Waals surface area contributed by atoms with E-state index >= 15 is 0 Å². The maximum atomic E-state index is 5.86. The Morgan fingerprint density at radius 2 is 1.88 bits per heavy atom. The quantitative estimate of drug-likeness (QED) is 0.743. The van der Waals surface area contributed by atoms with Gasteiger partial charge in [0.2, 0.25) is 0 Å². The number of aromatic nitrogens is 2. The third kappa shape index (κ3) is 2.68. The Morgan fingerprint density at radius 1 is 1.08 bits per heavy atom. The lowest BCUT2D eigenvalue weighted by atomic mass is 9.94. The van der Waals surface area contributed by atoms with E-state index in [0.717, 1.165) is 38.9 Å². The molecule has 0 radical (unpaired) electrons. The summed E-state index contributed by atoms with van der Waals surface area (Å²) in [7, 11) is 0. The van der Waals surface area contributed by atoms with Gasteiger partial charge in [0.25, 0.3) is 0 Å². The monoisotopic (exact) mass is 362 g/mol. The van der Waals surface area contributed by atoms with Crippen molar-refractivity contribution in [2.45, 2.75) is 67.4 Å². The fourth-order valence-electron chi connectivity index (χ4n) is 4.24. The predicted octanol–water partition coefficient (Wildman–Crippen LogP) is 4.35. The van der Waals surface area contributed by atoms with Gasteiger partial charge in [-0.25, -0.2) is 9.97 Å². The SMILES string of the molecule is c1nc(SC2CCC3(CC2)OCCO3)c2c3c(sc2n1)CCCC3. The van der Waals surface area contributed by atoms with Crippen LogP contribution in [0.15, 0.2) is 11.4 Å². The number of ether oxygens (including phenoxy) is 2. The van der Waals surface area contributed by atoms with Gasteiger partial charge >= 0.3 is 0 Å². The van der Waals surface area contributed by atoms with Gasteiger partial charge in [0.05, 0.1) is 13.2 Å². The molecule has 24 heavy (non-hydrogen) atoms. The summed E-state index contributed by atoms with van der Waals surface area (Å²) in [6.45, 7) is 1.51. The highest BCUT2D eigenvalue weighted by atomic mass is 32.2. The van der Waals surface area contributed by atoms with E-state index in [1.165, 1.54) is 40.9 Å². The van der Waals surface area contributed by atoms with E-state index < -0.39 is 0 Å². The van der Waals surface area contributed by atoms with Crippen molar-refractivity contribution in [3.8, 4) is 0 Å². The molecule has 1 spiro atoms. The highest BCUT2D eigenvalue weighted by Crippen LogP contribution is 2.45. The normalized spacial score (nSPS) is 23.8. The molecule has 3 heterocycles. The van der Waals surface area contributed by atoms with Gasteiger partial charge < -0.3 is 9.47 Å². The van der Waals surface area contributed by atoms with E-state index in [1.807, 2.05) is 23.1 Å². The Bertz CT molecular complexity index is 745. The van der Waals surface area contributed by atoms with Crippen LogP contribution in [0.2, 0.25) is 0 Å². The average Bonchev–Trinajstić information content (AvgIpc) is 3.22. The average molecular weight is 363 g/mol. The zero-order valence-electron chi connectivity index (χ0n) is 13.8. The van der Waals surface area contributed by atoms with Gasteiger partial charge in [0.1, 0.15) is 16.2 Å². The fourth-order valence-corrected chi connectivity index (χ4v) is 6.77. The molecule has 2 aromatic rings. The van der Waals surface area contributed by atoms with E-state index in [9.17, 15) is 0 Å². The molecule has 2 fully saturated rings. The van der Waals surface area contributed by atoms with Crippen molar-refractivity contribution in [3.05, 3.63) is 16.8 Å². The molecule has 1 saturated heterocycles. The molecule has 0 aromatic carbocycles. The van der Waals surface area contributed by atoms with Crippen LogP contribution < -0.4 is 0 Å². The lowest BCUT2D eigenvalue weighted by Gasteiger charge is -2.34. The molecule has 0 bridgehead atoms. The smallest absolute Gasteiger partial charge is 0.168 e. The molecule has 0 atom stereocenters. The maximum Gasteiger partial charge on any atom is 0.168 e. The number of fused-ring (bicyclic) bond motifs is 3. The van der Waals surface area contributed by atoms with E-state index in [1.54, 1.807) is 16.8 Å². The second-order valence-electron chi connectivity index (χ2n) is 6.99. The van der Waals surface area contributed by atoms with E-state index in [-0.39, 0.29) is 5.79 Å². The Labute approximate surface area is 150 Å². The van der Waals surface area contributed by atoms with Gasteiger partial charge in [-0.1, -0.05) is 0 Å². The van der Waals surface area contributed by atoms with Gasteiger partial charge in [-0.05, 0) is 44.1 Å². The van der Waals surface area contributed by atoms with E-state index in [0.29, 0.717) is 5.25 Å². The van der Waals surface area contributed by atoms with Crippen LogP contribution in [0, 0.1) is 0 Å². The highest BCUT2D eigenvalue weighted by Gasteiger charge is 2.40. The summed E-state index contributed by atoms with van der Waals surface area (Å²) in [4.78, 5) is 12.0. The van der Waals surface area contributed by atoms with Crippen LogP contribution >= 0.6 is 23.1 Å². The Hall–Kier alpha value is -0.690. The zero-order valence-corrected chi connectivity index (χ0v) is 15.4. The van der Waals surface area contributed by atoms with Crippen LogP contribution in [0.4, 0.5) is 0 Å². The summed E-state index contributed by atoms with van der Waals surface area (Å²) in [5.74, 6) is -0.264. The molecule has 0 unspecified atom stereocenters. The van der Waals surface area contributed by atoms with Crippen LogP contribution in [0.5, 0.6) is 0 Å². The number of thiophene rings is 1. The minimum Gasteiger partial charge on any atom is -0.348 e. The lowest BCUT2D eigenvalue weighted by molar-refractivity contribution is -0.175. The molecule has 0 N–H and O–H groups in total. The second-order valence-corrected chi connectivity index (χ2v) is 9.37. The molecule has 5 rings (SSSR count). The summed E-state index contributed by atoms with van der Waals surface area (Å²) in [6.07, 6.45) is 11.1. The third-order valence-corrected chi connectivity index (χ3v) is 8.04. The van der Waals surface area contributed by atoms with Crippen LogP contribution in [0.25, 0.3) is 10.2 Å². The predicted molar refractivity (Wildman–Crippen MR) is 96.8 cm³/mol. The standard InChI is InChI=1S/C18H22N2O2S2/c1-2-4-14-13(3-1)15-16(19-11-20-17(15)24-14)23-12-5-7-18(8-6-12)21-9-10-22-18/h11-12H,1-10H2. The first-order chi connectivity index (χ1) is 11.8. The number of nitrogens with zero attached hydrogens (tertiary/aromatic N) is 2. The van der Waals surface area contributed by atoms with Crippen LogP contribution in [-0.4, -0.2) is 34.2 Å². The third-order valence-electron chi connectivity index (χ3n) is 5.50. The Kier molecular flexibility index (Phi) is 4.04. The highest BCUT2D eigenvalue weighted by molar-refractivity contribution is 8.00. The van der Waals surface area contributed by atoms with Crippen molar-refractivity contribution in [2.24, 2.45) is 0 Å². The molecule has 1 saturated carbocycles. The van der Waals surface area contributed by atoms with Crippen molar-refractivity contribution in [2.75, 3.05) is 13.2 Å². The Morgan fingerprint density at radius 3 is 2.71 bits per heavy atom. The molecule has 2 aromatic heterocycles. The molecule has 6 heteroatoms. The van der Waals surface area contributed by atoms with Gasteiger partial charge in [0.15, 0.2) is 5.79 Å². The Balaban J connectivity index is 1.38. The van der Waals surface area contributed by atoms with Crippen molar-refractivity contribution in [3.63, 3.8) is 0 Å². The molecular formula is C18H22N2O2S2. The second kappa shape index (κ2) is 6.24. The zero-order chi connectivity index (χ0) is 16.0. The number of rotatable bonds is 2. The van der Waals surface area contributed by atoms with Crippen molar-refractivity contribution in [1.29, 1.82) is 0 Å². The maximum absolute atomic E-state index is 5.86. The lowest BCUT2D eigenvalue weighted by Crippen LogP contribution is -2.35. The minimum absolute atomic E-state index is 0.264. The first-order valence-corrected chi connectivity index (χ1v) is 10.7. The van der Waals surface area contributed by atoms with Crippen LogP contribution in [0.3, 0.4) is 0 Å². The molecule has 0 amide bonds. The molecule has 2 aliphatic carbocycles.